The second-order valence-electron chi connectivity index (χ2n) is 8.12. The molecule has 2 aromatic carbocycles. The SMILES string of the molecule is CC(C)N1CCn2c(CN(Cc3ccccc3)c3ccccc3)cc(=O)c(O)c2C1=O. The smallest absolute Gasteiger partial charge is 0.274 e. The Labute approximate surface area is 182 Å². The summed E-state index contributed by atoms with van der Waals surface area (Å²) in [5.74, 6) is -0.763. The fourth-order valence-corrected chi connectivity index (χ4v) is 4.10. The van der Waals surface area contributed by atoms with E-state index in [4.69, 9.17) is 0 Å². The first-order chi connectivity index (χ1) is 15.0. The van der Waals surface area contributed by atoms with E-state index in [-0.39, 0.29) is 17.6 Å². The van der Waals surface area contributed by atoms with Crippen molar-refractivity contribution >= 4 is 11.6 Å². The van der Waals surface area contributed by atoms with Crippen LogP contribution in [-0.4, -0.2) is 33.1 Å². The number of para-hydroxylation sites is 1. The average molecular weight is 418 g/mol. The topological polar surface area (TPSA) is 65.8 Å². The van der Waals surface area contributed by atoms with E-state index in [0.29, 0.717) is 31.9 Å². The van der Waals surface area contributed by atoms with Crippen molar-refractivity contribution in [2.24, 2.45) is 0 Å². The number of anilines is 1. The third-order valence-electron chi connectivity index (χ3n) is 5.71. The zero-order valence-corrected chi connectivity index (χ0v) is 17.9. The molecule has 6 nitrogen and oxygen atoms in total. The van der Waals surface area contributed by atoms with Crippen molar-refractivity contribution in [1.29, 1.82) is 0 Å². The van der Waals surface area contributed by atoms with Crippen LogP contribution in [0.3, 0.4) is 0 Å². The van der Waals surface area contributed by atoms with Gasteiger partial charge in [0, 0.05) is 43.1 Å². The fourth-order valence-electron chi connectivity index (χ4n) is 4.10. The summed E-state index contributed by atoms with van der Waals surface area (Å²) in [4.78, 5) is 29.4. The van der Waals surface area contributed by atoms with Crippen molar-refractivity contribution < 1.29 is 9.90 Å². The van der Waals surface area contributed by atoms with Crippen molar-refractivity contribution in [3.05, 3.63) is 93.9 Å². The molecule has 0 aliphatic carbocycles. The Kier molecular flexibility index (Phi) is 5.80. The largest absolute Gasteiger partial charge is 0.503 e. The zero-order chi connectivity index (χ0) is 22.0. The minimum Gasteiger partial charge on any atom is -0.503 e. The number of hydrogen-bond acceptors (Lipinski definition) is 4. The number of rotatable bonds is 6. The molecule has 1 amide bonds. The first kappa shape index (κ1) is 20.7. The number of benzene rings is 2. The van der Waals surface area contributed by atoms with Gasteiger partial charge in [0.25, 0.3) is 5.91 Å². The number of fused-ring (bicyclic) bond motifs is 1. The first-order valence-electron chi connectivity index (χ1n) is 10.6. The molecule has 0 spiro atoms. The molecule has 2 heterocycles. The van der Waals surface area contributed by atoms with Gasteiger partial charge < -0.3 is 19.5 Å². The molecule has 1 aliphatic rings. The molecule has 6 heteroatoms. The normalized spacial score (nSPS) is 13.4. The molecule has 0 unspecified atom stereocenters. The van der Waals surface area contributed by atoms with Crippen LogP contribution in [0, 0.1) is 0 Å². The maximum atomic E-state index is 13.0. The summed E-state index contributed by atoms with van der Waals surface area (Å²) in [7, 11) is 0. The predicted molar refractivity (Wildman–Crippen MR) is 121 cm³/mol. The Morgan fingerprint density at radius 3 is 2.23 bits per heavy atom. The highest BCUT2D eigenvalue weighted by atomic mass is 16.3. The summed E-state index contributed by atoms with van der Waals surface area (Å²) in [5.41, 5.74) is 2.46. The maximum Gasteiger partial charge on any atom is 0.274 e. The minimum atomic E-state index is -0.520. The number of carbonyl (C=O) groups is 1. The molecule has 0 saturated carbocycles. The minimum absolute atomic E-state index is 0.00157. The van der Waals surface area contributed by atoms with E-state index in [1.165, 1.54) is 6.07 Å². The highest BCUT2D eigenvalue weighted by Gasteiger charge is 2.31. The Morgan fingerprint density at radius 1 is 0.935 bits per heavy atom. The molecule has 160 valence electrons. The standard InChI is InChI=1S/C25H27N3O3/c1-18(2)27-13-14-28-21(15-22(29)24(30)23(28)25(27)31)17-26(20-11-7-4-8-12-20)16-19-9-5-3-6-10-19/h3-12,15,18,30H,13-14,16-17H2,1-2H3. The van der Waals surface area contributed by atoms with Gasteiger partial charge in [0.1, 0.15) is 0 Å². The highest BCUT2D eigenvalue weighted by Crippen LogP contribution is 2.25. The second-order valence-corrected chi connectivity index (χ2v) is 8.12. The number of aromatic nitrogens is 1. The molecular formula is C25H27N3O3. The van der Waals surface area contributed by atoms with Crippen LogP contribution in [0.1, 0.15) is 35.6 Å². The lowest BCUT2D eigenvalue weighted by atomic mass is 10.1. The number of hydrogen-bond donors (Lipinski definition) is 1. The molecule has 0 fully saturated rings. The van der Waals surface area contributed by atoms with E-state index in [1.54, 1.807) is 9.47 Å². The van der Waals surface area contributed by atoms with Crippen LogP contribution in [0.5, 0.6) is 5.75 Å². The second kappa shape index (κ2) is 8.68. The van der Waals surface area contributed by atoms with Crippen LogP contribution in [0.4, 0.5) is 5.69 Å². The predicted octanol–water partition coefficient (Wildman–Crippen LogP) is 3.62. The number of pyridine rings is 1. The molecular weight excluding hydrogens is 390 g/mol. The van der Waals surface area contributed by atoms with Crippen molar-refractivity contribution in [3.63, 3.8) is 0 Å². The number of nitrogens with zero attached hydrogens (tertiary/aromatic N) is 3. The van der Waals surface area contributed by atoms with Gasteiger partial charge in [-0.25, -0.2) is 0 Å². The summed E-state index contributed by atoms with van der Waals surface area (Å²) < 4.78 is 1.80. The van der Waals surface area contributed by atoms with E-state index in [1.807, 2.05) is 62.4 Å². The molecule has 1 aliphatic heterocycles. The molecule has 0 bridgehead atoms. The van der Waals surface area contributed by atoms with Gasteiger partial charge in [-0.05, 0) is 31.5 Å². The molecule has 31 heavy (non-hydrogen) atoms. The summed E-state index contributed by atoms with van der Waals surface area (Å²) in [5, 5.41) is 10.4. The average Bonchev–Trinajstić information content (AvgIpc) is 2.77. The van der Waals surface area contributed by atoms with E-state index >= 15 is 0 Å². The van der Waals surface area contributed by atoms with Crippen LogP contribution in [0.25, 0.3) is 0 Å². The zero-order valence-electron chi connectivity index (χ0n) is 17.9. The van der Waals surface area contributed by atoms with Gasteiger partial charge >= 0.3 is 0 Å². The molecule has 0 saturated heterocycles. The summed E-state index contributed by atoms with van der Waals surface area (Å²) >= 11 is 0. The Morgan fingerprint density at radius 2 is 1.58 bits per heavy atom. The van der Waals surface area contributed by atoms with Crippen molar-refractivity contribution in [1.82, 2.24) is 9.47 Å². The maximum absolute atomic E-state index is 13.0. The number of carbonyl (C=O) groups excluding carboxylic acids is 1. The van der Waals surface area contributed by atoms with Gasteiger partial charge in [0.2, 0.25) is 5.43 Å². The van der Waals surface area contributed by atoms with E-state index in [9.17, 15) is 14.7 Å². The van der Waals surface area contributed by atoms with Gasteiger partial charge in [-0.15, -0.1) is 0 Å². The fraction of sp³-hybridized carbons (Fsp3) is 0.280. The molecule has 3 aromatic rings. The Hall–Kier alpha value is -3.54. The third kappa shape index (κ3) is 4.19. The Bertz CT molecular complexity index is 1120. The van der Waals surface area contributed by atoms with E-state index in [0.717, 1.165) is 11.3 Å². The van der Waals surface area contributed by atoms with Gasteiger partial charge in [-0.2, -0.15) is 0 Å². The lowest BCUT2D eigenvalue weighted by Crippen LogP contribution is -2.46. The number of aromatic hydroxyl groups is 1. The van der Waals surface area contributed by atoms with Crippen LogP contribution < -0.4 is 10.3 Å². The van der Waals surface area contributed by atoms with Crippen molar-refractivity contribution in [2.45, 2.75) is 39.5 Å². The van der Waals surface area contributed by atoms with Crippen LogP contribution in [-0.2, 0) is 19.6 Å². The lowest BCUT2D eigenvalue weighted by molar-refractivity contribution is 0.0639. The molecule has 0 radical (unpaired) electrons. The van der Waals surface area contributed by atoms with Gasteiger partial charge in [0.05, 0.1) is 6.54 Å². The highest BCUT2D eigenvalue weighted by molar-refractivity contribution is 5.96. The Balaban J connectivity index is 1.75. The molecule has 4 rings (SSSR count). The molecule has 1 aromatic heterocycles. The lowest BCUT2D eigenvalue weighted by Gasteiger charge is -2.35. The summed E-state index contributed by atoms with van der Waals surface area (Å²) in [6.45, 7) is 6.05. The monoisotopic (exact) mass is 417 g/mol. The quantitative estimate of drug-likeness (QED) is 0.665. The summed E-state index contributed by atoms with van der Waals surface area (Å²) in [6, 6.07) is 21.6. The van der Waals surface area contributed by atoms with Crippen molar-refractivity contribution in [3.8, 4) is 5.75 Å². The van der Waals surface area contributed by atoms with Crippen LogP contribution >= 0.6 is 0 Å². The molecule has 1 N–H and O–H groups in total. The first-order valence-corrected chi connectivity index (χ1v) is 10.6. The van der Waals surface area contributed by atoms with Gasteiger partial charge in [-0.1, -0.05) is 48.5 Å². The van der Waals surface area contributed by atoms with Crippen LogP contribution in [0.15, 0.2) is 71.5 Å². The third-order valence-corrected chi connectivity index (χ3v) is 5.71. The van der Waals surface area contributed by atoms with Gasteiger partial charge in [0.15, 0.2) is 11.4 Å². The molecule has 0 atom stereocenters. The number of amides is 1. The van der Waals surface area contributed by atoms with E-state index in [2.05, 4.69) is 17.0 Å². The van der Waals surface area contributed by atoms with Crippen LogP contribution in [0.2, 0.25) is 0 Å². The van der Waals surface area contributed by atoms with Crippen molar-refractivity contribution in [2.75, 3.05) is 11.4 Å². The van der Waals surface area contributed by atoms with E-state index < -0.39 is 11.2 Å². The summed E-state index contributed by atoms with van der Waals surface area (Å²) in [6.07, 6.45) is 0. The van der Waals surface area contributed by atoms with Gasteiger partial charge in [-0.3, -0.25) is 9.59 Å².